The van der Waals surface area contributed by atoms with Crippen LogP contribution in [0.5, 0.6) is 5.75 Å². The summed E-state index contributed by atoms with van der Waals surface area (Å²) in [5.41, 5.74) is 0. The van der Waals surface area contributed by atoms with E-state index in [0.29, 0.717) is 12.1 Å². The van der Waals surface area contributed by atoms with E-state index >= 15 is 0 Å². The van der Waals surface area contributed by atoms with Crippen LogP contribution < -0.4 is 4.74 Å². The predicted octanol–water partition coefficient (Wildman–Crippen LogP) is 7.67. The van der Waals surface area contributed by atoms with Crippen LogP contribution in [0.25, 0.3) is 0 Å². The van der Waals surface area contributed by atoms with E-state index in [2.05, 4.69) is 4.74 Å². The highest BCUT2D eigenvalue weighted by Crippen LogP contribution is 2.65. The minimum absolute atomic E-state index is 0.267. The van der Waals surface area contributed by atoms with E-state index in [9.17, 15) is 83.4 Å². The van der Waals surface area contributed by atoms with Gasteiger partial charge in [0.25, 0.3) is 0 Å². The van der Waals surface area contributed by atoms with Crippen LogP contribution in [0.2, 0.25) is 0 Å². The molecule has 0 aliphatic carbocycles. The van der Waals surface area contributed by atoms with Gasteiger partial charge in [-0.05, 0) is 12.1 Å². The molecule has 0 unspecified atom stereocenters. The molecule has 1 rings (SSSR count). The highest BCUT2D eigenvalue weighted by molar-refractivity contribution is 5.23. The van der Waals surface area contributed by atoms with E-state index < -0.39 is 59.5 Å². The van der Waals surface area contributed by atoms with E-state index in [0.717, 1.165) is 6.07 Å². The van der Waals surface area contributed by atoms with E-state index in [4.69, 9.17) is 0 Å². The van der Waals surface area contributed by atoms with E-state index in [-0.39, 0.29) is 12.1 Å². The van der Waals surface area contributed by atoms with Gasteiger partial charge in [-0.1, -0.05) is 18.2 Å². The number of benzene rings is 1. The fourth-order valence-electron chi connectivity index (χ4n) is 2.05. The van der Waals surface area contributed by atoms with Crippen LogP contribution in [-0.2, 0) is 0 Å². The van der Waals surface area contributed by atoms with Crippen LogP contribution in [0.1, 0.15) is 0 Å². The molecule has 0 atom stereocenters. The van der Waals surface area contributed by atoms with Crippen molar-refractivity contribution in [2.75, 3.05) is 0 Å². The second-order valence-electron chi connectivity index (χ2n) is 6.45. The number of rotatable bonds is 9. The molecule has 1 nitrogen and oxygen atoms in total. The quantitative estimate of drug-likeness (QED) is 0.281. The molecule has 0 radical (unpaired) electrons. The summed E-state index contributed by atoms with van der Waals surface area (Å²) in [5.74, 6) is -61.9. The normalized spacial score (nSPS) is 15.9. The van der Waals surface area contributed by atoms with Crippen molar-refractivity contribution in [3.05, 3.63) is 30.3 Å². The van der Waals surface area contributed by atoms with Gasteiger partial charge in [0.2, 0.25) is 0 Å². The zero-order valence-electron chi connectivity index (χ0n) is 15.5. The first-order valence-corrected chi connectivity index (χ1v) is 7.91. The average Bonchev–Trinajstić information content (AvgIpc) is 2.66. The third kappa shape index (κ3) is 4.09. The van der Waals surface area contributed by atoms with Gasteiger partial charge in [0, 0.05) is 0 Å². The summed E-state index contributed by atoms with van der Waals surface area (Å²) in [6.07, 6.45) is -14.9. The van der Waals surface area contributed by atoms with Gasteiger partial charge in [-0.3, -0.25) is 0 Å². The number of hydrogen-bond donors (Lipinski definition) is 0. The van der Waals surface area contributed by atoms with Crippen molar-refractivity contribution in [3.8, 4) is 5.75 Å². The maximum Gasteiger partial charge on any atom is 0.471 e. The Morgan fingerprint density at radius 2 is 0.657 bits per heavy atom. The molecule has 0 N–H and O–H groups in total. The smallest absolute Gasteiger partial charge is 0.428 e. The summed E-state index contributed by atoms with van der Waals surface area (Å²) in [5, 5.41) is 0. The molecule has 0 saturated heterocycles. The highest BCUT2D eigenvalue weighted by atomic mass is 19.4. The number of ether oxygens (including phenoxy) is 1. The number of alkyl halides is 19. The van der Waals surface area contributed by atoms with E-state index in [1.807, 2.05) is 0 Å². The lowest BCUT2D eigenvalue weighted by molar-refractivity contribution is -0.476. The van der Waals surface area contributed by atoms with Gasteiger partial charge in [0.15, 0.2) is 0 Å². The van der Waals surface area contributed by atoms with Crippen LogP contribution in [0.4, 0.5) is 83.4 Å². The van der Waals surface area contributed by atoms with Gasteiger partial charge in [-0.25, -0.2) is 0 Å². The molecule has 0 aromatic heterocycles. The maximum atomic E-state index is 13.6. The Labute approximate surface area is 179 Å². The molecular formula is C15H5F19O. The molecule has 0 spiro atoms. The minimum Gasteiger partial charge on any atom is -0.428 e. The van der Waals surface area contributed by atoms with Crippen molar-refractivity contribution >= 4 is 0 Å². The van der Waals surface area contributed by atoms with Crippen molar-refractivity contribution in [2.45, 2.75) is 53.7 Å². The lowest BCUT2D eigenvalue weighted by Crippen LogP contribution is -2.76. The third-order valence-corrected chi connectivity index (χ3v) is 4.08. The zero-order valence-corrected chi connectivity index (χ0v) is 15.5. The summed E-state index contributed by atoms with van der Waals surface area (Å²) in [7, 11) is 0. The van der Waals surface area contributed by atoms with Crippen molar-refractivity contribution in [2.24, 2.45) is 0 Å². The van der Waals surface area contributed by atoms with Gasteiger partial charge in [-0.2, -0.15) is 83.4 Å². The van der Waals surface area contributed by atoms with Gasteiger partial charge in [0.05, 0.1) is 0 Å². The number of hydrogen-bond acceptors (Lipinski definition) is 1. The Kier molecular flexibility index (Phi) is 7.11. The Bertz CT molecular complexity index is 885. The Morgan fingerprint density at radius 1 is 0.371 bits per heavy atom. The van der Waals surface area contributed by atoms with Crippen LogP contribution in [-0.4, -0.2) is 53.7 Å². The topological polar surface area (TPSA) is 9.23 Å². The van der Waals surface area contributed by atoms with Crippen molar-refractivity contribution < 1.29 is 88.2 Å². The fraction of sp³-hybridized carbons (Fsp3) is 0.600. The molecular weight excluding hydrogens is 557 g/mol. The van der Waals surface area contributed by atoms with E-state index in [1.54, 1.807) is 0 Å². The van der Waals surface area contributed by atoms with Crippen LogP contribution in [0.15, 0.2) is 30.3 Å². The largest absolute Gasteiger partial charge is 0.471 e. The van der Waals surface area contributed by atoms with Crippen LogP contribution in [0.3, 0.4) is 0 Å². The molecule has 0 saturated carbocycles. The molecule has 0 aliphatic heterocycles. The first kappa shape index (κ1) is 30.7. The van der Waals surface area contributed by atoms with Crippen molar-refractivity contribution in [1.29, 1.82) is 0 Å². The Morgan fingerprint density at radius 3 is 0.971 bits per heavy atom. The molecule has 0 heterocycles. The summed E-state index contributed by atoms with van der Waals surface area (Å²) >= 11 is 0. The van der Waals surface area contributed by atoms with E-state index in [1.165, 1.54) is 0 Å². The van der Waals surface area contributed by atoms with Crippen molar-refractivity contribution in [1.82, 2.24) is 0 Å². The average molecular weight is 562 g/mol. The van der Waals surface area contributed by atoms with Crippen LogP contribution >= 0.6 is 0 Å². The van der Waals surface area contributed by atoms with Gasteiger partial charge in [-0.15, -0.1) is 0 Å². The van der Waals surface area contributed by atoms with Crippen molar-refractivity contribution in [3.63, 3.8) is 0 Å². The molecule has 1 aromatic carbocycles. The van der Waals surface area contributed by atoms with Crippen LogP contribution in [0, 0.1) is 0 Å². The zero-order chi connectivity index (χ0) is 28.3. The second-order valence-corrected chi connectivity index (χ2v) is 6.45. The second kappa shape index (κ2) is 8.10. The molecule has 204 valence electrons. The lowest BCUT2D eigenvalue weighted by Gasteiger charge is -2.43. The first-order chi connectivity index (χ1) is 15.1. The summed E-state index contributed by atoms with van der Waals surface area (Å²) in [4.78, 5) is 0. The predicted molar refractivity (Wildman–Crippen MR) is 72.7 cm³/mol. The number of halogens is 19. The molecule has 1 aromatic rings. The summed E-state index contributed by atoms with van der Waals surface area (Å²) in [6.45, 7) is 0. The molecule has 0 amide bonds. The molecule has 0 aliphatic rings. The van der Waals surface area contributed by atoms with Gasteiger partial charge < -0.3 is 4.74 Å². The lowest BCUT2D eigenvalue weighted by atomic mass is 9.88. The van der Waals surface area contributed by atoms with Gasteiger partial charge >= 0.3 is 53.7 Å². The molecule has 0 fully saturated rings. The molecule has 35 heavy (non-hydrogen) atoms. The minimum atomic E-state index is -8.95. The first-order valence-electron chi connectivity index (χ1n) is 7.91. The standard InChI is InChI=1S/C15H5F19O/c16-7(17,8(18,19)10(22,23)12(26,27)14(30,31)32)9(20,21)11(24,25)13(28,29)15(33,34)35-6-4-2-1-3-5-6/h1-5H. The monoisotopic (exact) mass is 562 g/mol. The number of para-hydroxylation sites is 1. The summed E-state index contributed by atoms with van der Waals surface area (Å²) < 4.78 is 252. The highest BCUT2D eigenvalue weighted by Gasteiger charge is 2.97. The Balaban J connectivity index is 3.65. The fourth-order valence-corrected chi connectivity index (χ4v) is 2.05. The summed E-state index contributed by atoms with van der Waals surface area (Å²) in [6, 6.07) is 2.83. The van der Waals surface area contributed by atoms with Gasteiger partial charge in [0.1, 0.15) is 5.75 Å². The maximum absolute atomic E-state index is 13.6. The molecule has 0 bridgehead atoms. The SMILES string of the molecule is FC(F)(F)C(F)(F)C(F)(F)C(F)(F)C(F)(F)C(F)(F)C(F)(F)C(F)(F)C(F)(F)Oc1ccccc1. The Hall–Kier alpha value is -2.31. The third-order valence-electron chi connectivity index (χ3n) is 4.08. The molecule has 20 heteroatoms.